The first-order chi connectivity index (χ1) is 13.1. The SMILES string of the molecule is CCC(=O)OCCCCCCCCO/C(=C/C=S)c1ccccc1N(C)C. The van der Waals surface area contributed by atoms with Gasteiger partial charge in [0.15, 0.2) is 0 Å². The molecule has 0 saturated carbocycles. The molecular formula is C22H33NO3S. The Hall–Kier alpha value is -1.88. The van der Waals surface area contributed by atoms with Gasteiger partial charge in [-0.2, -0.15) is 0 Å². The molecule has 4 nitrogen and oxygen atoms in total. The fourth-order valence-corrected chi connectivity index (χ4v) is 2.85. The van der Waals surface area contributed by atoms with Crippen LogP contribution in [0, 0.1) is 0 Å². The monoisotopic (exact) mass is 391 g/mol. The number of carbonyl (C=O) groups is 1. The Morgan fingerprint density at radius 1 is 1.00 bits per heavy atom. The molecule has 0 aromatic heterocycles. The van der Waals surface area contributed by atoms with Crippen molar-refractivity contribution in [3.63, 3.8) is 0 Å². The van der Waals surface area contributed by atoms with E-state index in [4.69, 9.17) is 21.7 Å². The summed E-state index contributed by atoms with van der Waals surface area (Å²) in [6.07, 6.45) is 8.85. The van der Waals surface area contributed by atoms with Crippen LogP contribution in [0.2, 0.25) is 0 Å². The van der Waals surface area contributed by atoms with E-state index in [2.05, 4.69) is 17.0 Å². The number of benzene rings is 1. The summed E-state index contributed by atoms with van der Waals surface area (Å²) >= 11 is 5.01. The summed E-state index contributed by atoms with van der Waals surface area (Å²) in [4.78, 5) is 13.1. The van der Waals surface area contributed by atoms with Crippen LogP contribution in [0.5, 0.6) is 0 Å². The van der Waals surface area contributed by atoms with Crippen LogP contribution in [-0.4, -0.2) is 38.6 Å². The standard InChI is InChI=1S/C22H33NO3S/c1-4-22(24)26-17-12-8-6-5-7-11-16-25-21(15-18-27)19-13-9-10-14-20(19)23(2)3/h9-10,13-15,18H,4-8,11-12,16-17H2,1-3H3/b21-15+. The van der Waals surface area contributed by atoms with Crippen LogP contribution in [0.4, 0.5) is 5.69 Å². The predicted molar refractivity (Wildman–Crippen MR) is 117 cm³/mol. The topological polar surface area (TPSA) is 38.8 Å². The number of allylic oxidation sites excluding steroid dienone is 1. The fourth-order valence-electron chi connectivity index (χ4n) is 2.73. The minimum Gasteiger partial charge on any atom is -0.493 e. The van der Waals surface area contributed by atoms with Crippen LogP contribution in [0.3, 0.4) is 0 Å². The predicted octanol–water partition coefficient (Wildman–Crippen LogP) is 5.40. The molecule has 0 heterocycles. The molecule has 0 spiro atoms. The zero-order valence-corrected chi connectivity index (χ0v) is 17.7. The van der Waals surface area contributed by atoms with Crippen molar-refractivity contribution in [3.05, 3.63) is 35.9 Å². The summed E-state index contributed by atoms with van der Waals surface area (Å²) in [5.41, 5.74) is 2.18. The number of carbonyl (C=O) groups excluding carboxylic acids is 1. The first kappa shape index (κ1) is 23.2. The molecule has 0 fully saturated rings. The molecular weight excluding hydrogens is 358 g/mol. The van der Waals surface area contributed by atoms with Gasteiger partial charge < -0.3 is 14.4 Å². The van der Waals surface area contributed by atoms with E-state index in [1.165, 1.54) is 6.42 Å². The van der Waals surface area contributed by atoms with Crippen LogP contribution in [0.15, 0.2) is 30.3 Å². The van der Waals surface area contributed by atoms with Crippen LogP contribution in [0.1, 0.15) is 57.4 Å². The second-order valence-electron chi connectivity index (χ2n) is 6.62. The lowest BCUT2D eigenvalue weighted by atomic mass is 10.1. The Kier molecular flexibility index (Phi) is 12.2. The molecule has 1 rings (SSSR count). The fraction of sp³-hybridized carbons (Fsp3) is 0.545. The average molecular weight is 392 g/mol. The van der Waals surface area contributed by atoms with Gasteiger partial charge in [-0.3, -0.25) is 4.79 Å². The quantitative estimate of drug-likeness (QED) is 0.139. The summed E-state index contributed by atoms with van der Waals surface area (Å²) in [5.74, 6) is 0.718. The van der Waals surface area contributed by atoms with E-state index in [0.29, 0.717) is 19.6 Å². The van der Waals surface area contributed by atoms with E-state index in [1.807, 2.05) is 39.2 Å². The van der Waals surface area contributed by atoms with E-state index in [0.717, 1.165) is 49.1 Å². The maximum atomic E-state index is 11.0. The van der Waals surface area contributed by atoms with E-state index in [-0.39, 0.29) is 5.97 Å². The van der Waals surface area contributed by atoms with Gasteiger partial charge in [0.1, 0.15) is 5.76 Å². The molecule has 0 amide bonds. The second kappa shape index (κ2) is 14.2. The number of esters is 1. The maximum Gasteiger partial charge on any atom is 0.305 e. The zero-order chi connectivity index (χ0) is 19.9. The van der Waals surface area contributed by atoms with E-state index >= 15 is 0 Å². The van der Waals surface area contributed by atoms with E-state index < -0.39 is 0 Å². The Bertz CT molecular complexity index is 599. The number of nitrogens with zero attached hydrogens (tertiary/aromatic N) is 1. The van der Waals surface area contributed by atoms with Crippen molar-refractivity contribution in [2.45, 2.75) is 51.9 Å². The van der Waals surface area contributed by atoms with Crippen LogP contribution in [0.25, 0.3) is 5.76 Å². The summed E-state index contributed by atoms with van der Waals surface area (Å²) in [5, 5.41) is 1.60. The molecule has 5 heteroatoms. The van der Waals surface area contributed by atoms with Gasteiger partial charge in [-0.1, -0.05) is 57.0 Å². The van der Waals surface area contributed by atoms with Gasteiger partial charge in [-0.25, -0.2) is 0 Å². The normalized spacial score (nSPS) is 11.1. The van der Waals surface area contributed by atoms with Crippen molar-refractivity contribution >= 4 is 35.0 Å². The highest BCUT2D eigenvalue weighted by molar-refractivity contribution is 7.79. The lowest BCUT2D eigenvalue weighted by molar-refractivity contribution is -0.143. The Morgan fingerprint density at radius 3 is 2.19 bits per heavy atom. The number of anilines is 1. The van der Waals surface area contributed by atoms with Crippen LogP contribution < -0.4 is 4.90 Å². The van der Waals surface area contributed by atoms with Crippen molar-refractivity contribution in [3.8, 4) is 0 Å². The highest BCUT2D eigenvalue weighted by atomic mass is 32.1. The molecule has 0 atom stereocenters. The largest absolute Gasteiger partial charge is 0.493 e. The molecule has 0 N–H and O–H groups in total. The molecule has 150 valence electrons. The molecule has 0 radical (unpaired) electrons. The van der Waals surface area contributed by atoms with Gasteiger partial charge in [-0.05, 0) is 31.1 Å². The Morgan fingerprint density at radius 2 is 1.59 bits per heavy atom. The van der Waals surface area contributed by atoms with Gasteiger partial charge in [-0.15, -0.1) is 0 Å². The molecule has 0 unspecified atom stereocenters. The van der Waals surface area contributed by atoms with Crippen molar-refractivity contribution in [2.24, 2.45) is 0 Å². The smallest absolute Gasteiger partial charge is 0.305 e. The molecule has 0 bridgehead atoms. The summed E-state index contributed by atoms with van der Waals surface area (Å²) < 4.78 is 11.1. The first-order valence-electron chi connectivity index (χ1n) is 9.80. The average Bonchev–Trinajstić information content (AvgIpc) is 2.68. The molecule has 0 aliphatic carbocycles. The number of hydrogen-bond acceptors (Lipinski definition) is 5. The van der Waals surface area contributed by atoms with Gasteiger partial charge in [0.05, 0.1) is 13.2 Å². The minimum atomic E-state index is -0.108. The molecule has 0 saturated heterocycles. The van der Waals surface area contributed by atoms with Gasteiger partial charge in [0.2, 0.25) is 0 Å². The minimum absolute atomic E-state index is 0.108. The highest BCUT2D eigenvalue weighted by Crippen LogP contribution is 2.26. The summed E-state index contributed by atoms with van der Waals surface area (Å²) in [6.45, 7) is 3.05. The summed E-state index contributed by atoms with van der Waals surface area (Å²) in [6, 6.07) is 8.18. The third-order valence-corrected chi connectivity index (χ3v) is 4.35. The van der Waals surface area contributed by atoms with Crippen molar-refractivity contribution in [1.29, 1.82) is 0 Å². The lowest BCUT2D eigenvalue weighted by Gasteiger charge is -2.19. The van der Waals surface area contributed by atoms with E-state index in [9.17, 15) is 4.79 Å². The number of ether oxygens (including phenoxy) is 2. The number of unbranched alkanes of at least 4 members (excludes halogenated alkanes) is 5. The van der Waals surface area contributed by atoms with Gasteiger partial charge in [0.25, 0.3) is 0 Å². The van der Waals surface area contributed by atoms with Gasteiger partial charge >= 0.3 is 5.97 Å². The number of para-hydroxylation sites is 1. The molecule has 27 heavy (non-hydrogen) atoms. The summed E-state index contributed by atoms with van der Waals surface area (Å²) in [7, 11) is 4.05. The Balaban J connectivity index is 2.27. The first-order valence-corrected chi connectivity index (χ1v) is 10.3. The van der Waals surface area contributed by atoms with Crippen molar-refractivity contribution in [2.75, 3.05) is 32.2 Å². The van der Waals surface area contributed by atoms with Gasteiger partial charge in [0, 0.05) is 37.1 Å². The Labute approximate surface area is 169 Å². The van der Waals surface area contributed by atoms with Crippen molar-refractivity contribution < 1.29 is 14.3 Å². The maximum absolute atomic E-state index is 11.0. The molecule has 1 aromatic rings. The second-order valence-corrected chi connectivity index (χ2v) is 6.89. The van der Waals surface area contributed by atoms with Crippen molar-refractivity contribution in [1.82, 2.24) is 0 Å². The molecule has 0 aliphatic rings. The zero-order valence-electron chi connectivity index (χ0n) is 16.9. The lowest BCUT2D eigenvalue weighted by Crippen LogP contribution is -2.11. The number of thiocarbonyl (C=S) groups is 1. The van der Waals surface area contributed by atoms with Crippen LogP contribution >= 0.6 is 12.2 Å². The molecule has 1 aromatic carbocycles. The number of hydrogen-bond donors (Lipinski definition) is 0. The highest BCUT2D eigenvalue weighted by Gasteiger charge is 2.09. The van der Waals surface area contributed by atoms with Crippen LogP contribution in [-0.2, 0) is 14.3 Å². The number of rotatable bonds is 14. The third kappa shape index (κ3) is 9.57. The molecule has 0 aliphatic heterocycles. The van der Waals surface area contributed by atoms with E-state index in [1.54, 1.807) is 5.37 Å². The third-order valence-electron chi connectivity index (χ3n) is 4.22.